The Morgan fingerprint density at radius 2 is 1.94 bits per heavy atom. The van der Waals surface area contributed by atoms with Crippen molar-refractivity contribution in [3.05, 3.63) is 0 Å². The lowest BCUT2D eigenvalue weighted by atomic mass is 9.80. The molecule has 3 N–H and O–H groups in total. The van der Waals surface area contributed by atoms with Gasteiger partial charge in [-0.25, -0.2) is 4.79 Å². The number of carbonyl (C=O) groups is 2. The molecule has 0 aliphatic heterocycles. The highest BCUT2D eigenvalue weighted by Crippen LogP contribution is 2.28. The lowest BCUT2D eigenvalue weighted by Gasteiger charge is -2.28. The molecule has 0 aromatic rings. The first-order chi connectivity index (χ1) is 8.59. The molecule has 1 fully saturated rings. The van der Waals surface area contributed by atoms with E-state index in [-0.39, 0.29) is 12.5 Å². The number of aliphatic carboxylic acids is 1. The second-order valence-corrected chi connectivity index (χ2v) is 5.16. The summed E-state index contributed by atoms with van der Waals surface area (Å²) in [6, 6.07) is -0.182. The van der Waals surface area contributed by atoms with Crippen LogP contribution in [0.1, 0.15) is 45.4 Å². The van der Waals surface area contributed by atoms with Crippen molar-refractivity contribution in [3.8, 4) is 0 Å². The van der Waals surface area contributed by atoms with Gasteiger partial charge in [0.1, 0.15) is 0 Å². The Balaban J connectivity index is 2.07. The number of carbonyl (C=O) groups excluding carboxylic acids is 1. The summed E-state index contributed by atoms with van der Waals surface area (Å²) >= 11 is 0. The normalized spacial score (nSPS) is 23.4. The van der Waals surface area contributed by atoms with Gasteiger partial charge in [0.25, 0.3) is 0 Å². The highest BCUT2D eigenvalue weighted by atomic mass is 16.4. The van der Waals surface area contributed by atoms with E-state index in [2.05, 4.69) is 17.6 Å². The molecule has 1 rings (SSSR count). The monoisotopic (exact) mass is 256 g/mol. The van der Waals surface area contributed by atoms with Gasteiger partial charge >= 0.3 is 12.0 Å². The molecular formula is C13H24N2O3. The molecule has 2 amide bonds. The Hall–Kier alpha value is -1.26. The Morgan fingerprint density at radius 3 is 2.61 bits per heavy atom. The van der Waals surface area contributed by atoms with E-state index in [0.29, 0.717) is 24.8 Å². The third-order valence-electron chi connectivity index (χ3n) is 3.67. The average molecular weight is 256 g/mol. The second-order valence-electron chi connectivity index (χ2n) is 5.16. The van der Waals surface area contributed by atoms with Crippen molar-refractivity contribution >= 4 is 12.0 Å². The number of amides is 2. The van der Waals surface area contributed by atoms with E-state index in [1.807, 2.05) is 0 Å². The summed E-state index contributed by atoms with van der Waals surface area (Å²) in [5.41, 5.74) is 0. The fourth-order valence-corrected chi connectivity index (χ4v) is 2.42. The summed E-state index contributed by atoms with van der Waals surface area (Å²) in [4.78, 5) is 21.8. The van der Waals surface area contributed by atoms with Gasteiger partial charge < -0.3 is 15.7 Å². The van der Waals surface area contributed by atoms with E-state index in [0.717, 1.165) is 6.54 Å². The van der Waals surface area contributed by atoms with E-state index in [1.165, 1.54) is 25.7 Å². The third kappa shape index (κ3) is 5.89. The number of carboxylic acid groups (broad SMARTS) is 1. The van der Waals surface area contributed by atoms with Crippen molar-refractivity contribution in [2.24, 2.45) is 11.8 Å². The fraction of sp³-hybridized carbons (Fsp3) is 0.846. The standard InChI is InChI=1S/C13H24N2O3/c1-10-5-2-3-6-11(10)9-15-13(18)14-8-4-7-12(16)17/h10-11H,2-9H2,1H3,(H,16,17)(H2,14,15,18). The van der Waals surface area contributed by atoms with Gasteiger partial charge in [-0.1, -0.05) is 26.2 Å². The Morgan fingerprint density at radius 1 is 1.22 bits per heavy atom. The van der Waals surface area contributed by atoms with Gasteiger partial charge in [0.15, 0.2) is 0 Å². The quantitative estimate of drug-likeness (QED) is 0.636. The first kappa shape index (κ1) is 14.8. The van der Waals surface area contributed by atoms with Crippen molar-refractivity contribution in [3.63, 3.8) is 0 Å². The van der Waals surface area contributed by atoms with Crippen LogP contribution in [0.5, 0.6) is 0 Å². The molecule has 2 atom stereocenters. The molecule has 1 saturated carbocycles. The highest BCUT2D eigenvalue weighted by molar-refractivity contribution is 5.73. The molecule has 5 nitrogen and oxygen atoms in total. The topological polar surface area (TPSA) is 78.4 Å². The van der Waals surface area contributed by atoms with Crippen LogP contribution < -0.4 is 10.6 Å². The van der Waals surface area contributed by atoms with Gasteiger partial charge in [0.2, 0.25) is 0 Å². The smallest absolute Gasteiger partial charge is 0.314 e. The van der Waals surface area contributed by atoms with E-state index >= 15 is 0 Å². The summed E-state index contributed by atoms with van der Waals surface area (Å²) in [5, 5.41) is 14.0. The molecule has 18 heavy (non-hydrogen) atoms. The molecule has 0 aromatic carbocycles. The van der Waals surface area contributed by atoms with Crippen molar-refractivity contribution in [1.82, 2.24) is 10.6 Å². The molecule has 104 valence electrons. The zero-order chi connectivity index (χ0) is 13.4. The SMILES string of the molecule is CC1CCCCC1CNC(=O)NCCCC(=O)O. The van der Waals surface area contributed by atoms with Crippen LogP contribution in [0.3, 0.4) is 0 Å². The summed E-state index contributed by atoms with van der Waals surface area (Å²) in [7, 11) is 0. The number of rotatable bonds is 6. The van der Waals surface area contributed by atoms with Crippen LogP contribution >= 0.6 is 0 Å². The molecule has 2 unspecified atom stereocenters. The largest absolute Gasteiger partial charge is 0.481 e. The molecule has 0 aromatic heterocycles. The second kappa shape index (κ2) is 7.95. The van der Waals surface area contributed by atoms with Crippen LogP contribution in [0, 0.1) is 11.8 Å². The molecule has 0 radical (unpaired) electrons. The summed E-state index contributed by atoms with van der Waals surface area (Å²) in [6.07, 6.45) is 5.59. The van der Waals surface area contributed by atoms with E-state index in [9.17, 15) is 9.59 Å². The van der Waals surface area contributed by atoms with Crippen LogP contribution in [-0.4, -0.2) is 30.2 Å². The first-order valence-corrected chi connectivity index (χ1v) is 6.83. The van der Waals surface area contributed by atoms with Crippen LogP contribution in [-0.2, 0) is 4.79 Å². The predicted octanol–water partition coefficient (Wildman–Crippen LogP) is 1.98. The van der Waals surface area contributed by atoms with Crippen LogP contribution in [0.4, 0.5) is 4.79 Å². The molecule has 0 bridgehead atoms. The Bertz CT molecular complexity index is 281. The van der Waals surface area contributed by atoms with E-state index in [4.69, 9.17) is 5.11 Å². The van der Waals surface area contributed by atoms with Crippen molar-refractivity contribution in [2.45, 2.75) is 45.4 Å². The fourth-order valence-electron chi connectivity index (χ4n) is 2.42. The van der Waals surface area contributed by atoms with Crippen molar-refractivity contribution < 1.29 is 14.7 Å². The maximum Gasteiger partial charge on any atom is 0.314 e. The minimum absolute atomic E-state index is 0.0972. The Kier molecular flexibility index (Phi) is 6.54. The Labute approximate surface area is 108 Å². The number of carboxylic acids is 1. The van der Waals surface area contributed by atoms with E-state index in [1.54, 1.807) is 0 Å². The molecule has 5 heteroatoms. The number of urea groups is 1. The zero-order valence-electron chi connectivity index (χ0n) is 11.1. The third-order valence-corrected chi connectivity index (χ3v) is 3.67. The predicted molar refractivity (Wildman–Crippen MR) is 69.4 cm³/mol. The molecule has 0 heterocycles. The van der Waals surface area contributed by atoms with Crippen molar-refractivity contribution in [1.29, 1.82) is 0 Å². The maximum absolute atomic E-state index is 11.5. The van der Waals surface area contributed by atoms with Crippen LogP contribution in [0.15, 0.2) is 0 Å². The van der Waals surface area contributed by atoms with Gasteiger partial charge in [-0.15, -0.1) is 0 Å². The molecule has 1 aliphatic carbocycles. The van der Waals surface area contributed by atoms with Crippen LogP contribution in [0.2, 0.25) is 0 Å². The van der Waals surface area contributed by atoms with Gasteiger partial charge in [-0.2, -0.15) is 0 Å². The molecule has 0 spiro atoms. The van der Waals surface area contributed by atoms with Crippen LogP contribution in [0.25, 0.3) is 0 Å². The van der Waals surface area contributed by atoms with Gasteiger partial charge in [0.05, 0.1) is 0 Å². The minimum Gasteiger partial charge on any atom is -0.481 e. The lowest BCUT2D eigenvalue weighted by Crippen LogP contribution is -2.40. The molecular weight excluding hydrogens is 232 g/mol. The maximum atomic E-state index is 11.5. The van der Waals surface area contributed by atoms with Gasteiger partial charge in [0, 0.05) is 19.5 Å². The summed E-state index contributed by atoms with van der Waals surface area (Å²) in [6.45, 7) is 3.39. The first-order valence-electron chi connectivity index (χ1n) is 6.83. The van der Waals surface area contributed by atoms with Crippen molar-refractivity contribution in [2.75, 3.05) is 13.1 Å². The summed E-state index contributed by atoms with van der Waals surface area (Å²) < 4.78 is 0. The van der Waals surface area contributed by atoms with E-state index < -0.39 is 5.97 Å². The summed E-state index contributed by atoms with van der Waals surface area (Å²) in [5.74, 6) is 0.447. The average Bonchev–Trinajstić information content (AvgIpc) is 2.33. The van der Waals surface area contributed by atoms with Gasteiger partial charge in [-0.05, 0) is 24.7 Å². The number of hydrogen-bond acceptors (Lipinski definition) is 2. The number of hydrogen-bond donors (Lipinski definition) is 3. The molecule has 1 aliphatic rings. The highest BCUT2D eigenvalue weighted by Gasteiger charge is 2.21. The molecule has 0 saturated heterocycles. The lowest BCUT2D eigenvalue weighted by molar-refractivity contribution is -0.137. The number of nitrogens with one attached hydrogen (secondary N) is 2. The van der Waals surface area contributed by atoms with Gasteiger partial charge in [-0.3, -0.25) is 4.79 Å². The zero-order valence-corrected chi connectivity index (χ0v) is 11.1. The minimum atomic E-state index is -0.826.